The summed E-state index contributed by atoms with van der Waals surface area (Å²) in [6.07, 6.45) is 1.61. The first-order valence-corrected chi connectivity index (χ1v) is 7.10. The number of ether oxygens (including phenoxy) is 2. The van der Waals surface area contributed by atoms with Gasteiger partial charge in [0.2, 0.25) is 0 Å². The molecular weight excluding hydrogens is 312 g/mol. The highest BCUT2D eigenvalue weighted by Crippen LogP contribution is 2.25. The number of carbonyl (C=O) groups excluding carboxylic acids is 3. The predicted octanol–water partition coefficient (Wildman–Crippen LogP) is 2.49. The van der Waals surface area contributed by atoms with E-state index in [1.165, 1.54) is 32.0 Å². The van der Waals surface area contributed by atoms with Gasteiger partial charge in [-0.2, -0.15) is 0 Å². The summed E-state index contributed by atoms with van der Waals surface area (Å²) in [5.74, 6) is -1.07. The van der Waals surface area contributed by atoms with E-state index in [2.05, 4.69) is 10.3 Å². The van der Waals surface area contributed by atoms with Crippen LogP contribution in [0.4, 0.5) is 5.82 Å². The number of amides is 1. The Balaban J connectivity index is 2.32. The van der Waals surface area contributed by atoms with Crippen molar-refractivity contribution >= 4 is 23.7 Å². The maximum Gasteiger partial charge on any atom is 0.308 e. The number of nitrogens with zero attached hydrogens (tertiary/aromatic N) is 1. The molecule has 0 aliphatic carbocycles. The summed E-state index contributed by atoms with van der Waals surface area (Å²) >= 11 is 0. The predicted molar refractivity (Wildman–Crippen MR) is 86.0 cm³/mol. The maximum absolute atomic E-state index is 12.5. The van der Waals surface area contributed by atoms with Crippen LogP contribution in [-0.4, -0.2) is 22.8 Å². The average molecular weight is 328 g/mol. The number of anilines is 1. The zero-order valence-corrected chi connectivity index (χ0v) is 13.5. The van der Waals surface area contributed by atoms with Crippen LogP contribution in [0.15, 0.2) is 36.5 Å². The second-order valence-electron chi connectivity index (χ2n) is 5.02. The molecule has 2 aromatic rings. The van der Waals surface area contributed by atoms with E-state index in [0.29, 0.717) is 5.82 Å². The minimum atomic E-state index is -0.572. The average Bonchev–Trinajstić information content (AvgIpc) is 2.50. The molecule has 24 heavy (non-hydrogen) atoms. The number of hydrogen-bond acceptors (Lipinski definition) is 6. The van der Waals surface area contributed by atoms with Crippen LogP contribution in [0, 0.1) is 6.92 Å². The minimum Gasteiger partial charge on any atom is -0.427 e. The van der Waals surface area contributed by atoms with E-state index in [1.807, 2.05) is 6.92 Å². The Hall–Kier alpha value is -3.22. The number of rotatable bonds is 4. The summed E-state index contributed by atoms with van der Waals surface area (Å²) in [4.78, 5) is 38.8. The summed E-state index contributed by atoms with van der Waals surface area (Å²) in [5.41, 5.74) is 0.997. The van der Waals surface area contributed by atoms with Gasteiger partial charge >= 0.3 is 11.9 Å². The van der Waals surface area contributed by atoms with Gasteiger partial charge in [-0.3, -0.25) is 14.4 Å². The molecule has 0 bridgehead atoms. The van der Waals surface area contributed by atoms with Gasteiger partial charge in [-0.15, -0.1) is 0 Å². The molecular formula is C17H16N2O5. The molecule has 1 heterocycles. The van der Waals surface area contributed by atoms with E-state index in [9.17, 15) is 14.4 Å². The summed E-state index contributed by atoms with van der Waals surface area (Å²) in [6, 6.07) is 7.58. The van der Waals surface area contributed by atoms with Gasteiger partial charge in [-0.25, -0.2) is 4.98 Å². The van der Waals surface area contributed by atoms with Crippen molar-refractivity contribution in [2.24, 2.45) is 0 Å². The second kappa shape index (κ2) is 7.36. The van der Waals surface area contributed by atoms with E-state index >= 15 is 0 Å². The molecule has 1 aromatic heterocycles. The number of aryl methyl sites for hydroxylation is 1. The first kappa shape index (κ1) is 17.1. The molecule has 7 nitrogen and oxygen atoms in total. The molecule has 0 aliphatic heterocycles. The summed E-state index contributed by atoms with van der Waals surface area (Å²) in [7, 11) is 0. The number of hydrogen-bond donors (Lipinski definition) is 1. The van der Waals surface area contributed by atoms with Gasteiger partial charge in [0, 0.05) is 20.0 Å². The van der Waals surface area contributed by atoms with Gasteiger partial charge < -0.3 is 14.8 Å². The van der Waals surface area contributed by atoms with Gasteiger partial charge in [0.25, 0.3) is 5.91 Å². The number of pyridine rings is 1. The lowest BCUT2D eigenvalue weighted by Crippen LogP contribution is -2.16. The van der Waals surface area contributed by atoms with Gasteiger partial charge in [-0.1, -0.05) is 6.07 Å². The van der Waals surface area contributed by atoms with Crippen molar-refractivity contribution in [1.29, 1.82) is 0 Å². The van der Waals surface area contributed by atoms with Crippen LogP contribution < -0.4 is 14.8 Å². The van der Waals surface area contributed by atoms with E-state index < -0.39 is 17.8 Å². The fourth-order valence-corrected chi connectivity index (χ4v) is 1.89. The van der Waals surface area contributed by atoms with E-state index in [4.69, 9.17) is 9.47 Å². The highest BCUT2D eigenvalue weighted by molar-refractivity contribution is 6.06. The molecule has 0 radical (unpaired) electrons. The number of esters is 2. The molecule has 0 saturated heterocycles. The molecule has 2 rings (SSSR count). The van der Waals surface area contributed by atoms with Gasteiger partial charge in [0.05, 0.1) is 5.56 Å². The van der Waals surface area contributed by atoms with E-state index in [-0.39, 0.29) is 17.1 Å². The summed E-state index contributed by atoms with van der Waals surface area (Å²) in [6.45, 7) is 4.35. The molecule has 0 fully saturated rings. The third-order valence-electron chi connectivity index (χ3n) is 2.86. The SMILES string of the molecule is CC(=O)Oc1ccc(OC(C)=O)c(C(=O)Nc2ccc(C)cn2)c1. The largest absolute Gasteiger partial charge is 0.427 e. The van der Waals surface area contributed by atoms with Crippen molar-refractivity contribution in [2.45, 2.75) is 20.8 Å². The third-order valence-corrected chi connectivity index (χ3v) is 2.86. The van der Waals surface area contributed by atoms with Crippen LogP contribution in [0.1, 0.15) is 29.8 Å². The molecule has 124 valence electrons. The molecule has 0 aliphatic rings. The molecule has 0 spiro atoms. The van der Waals surface area contributed by atoms with Crippen molar-refractivity contribution < 1.29 is 23.9 Å². The molecule has 0 atom stereocenters. The lowest BCUT2D eigenvalue weighted by molar-refractivity contribution is -0.133. The monoisotopic (exact) mass is 328 g/mol. The van der Waals surface area contributed by atoms with Crippen molar-refractivity contribution in [2.75, 3.05) is 5.32 Å². The van der Waals surface area contributed by atoms with E-state index in [0.717, 1.165) is 5.56 Å². The van der Waals surface area contributed by atoms with Crippen LogP contribution in [0.2, 0.25) is 0 Å². The number of aromatic nitrogens is 1. The highest BCUT2D eigenvalue weighted by atomic mass is 16.5. The molecule has 7 heteroatoms. The lowest BCUT2D eigenvalue weighted by Gasteiger charge is -2.11. The smallest absolute Gasteiger partial charge is 0.308 e. The lowest BCUT2D eigenvalue weighted by atomic mass is 10.1. The molecule has 1 N–H and O–H groups in total. The Morgan fingerprint density at radius 1 is 1.00 bits per heavy atom. The fourth-order valence-electron chi connectivity index (χ4n) is 1.89. The fraction of sp³-hybridized carbons (Fsp3) is 0.176. The number of benzene rings is 1. The van der Waals surface area contributed by atoms with Crippen LogP contribution >= 0.6 is 0 Å². The zero-order valence-electron chi connectivity index (χ0n) is 13.5. The quantitative estimate of drug-likeness (QED) is 0.684. The van der Waals surface area contributed by atoms with Crippen molar-refractivity contribution in [3.63, 3.8) is 0 Å². The van der Waals surface area contributed by atoms with Crippen LogP contribution in [0.5, 0.6) is 11.5 Å². The van der Waals surface area contributed by atoms with Crippen molar-refractivity contribution in [1.82, 2.24) is 4.98 Å². The molecule has 1 aromatic carbocycles. The highest BCUT2D eigenvalue weighted by Gasteiger charge is 2.17. The molecule has 0 unspecified atom stereocenters. The first-order valence-electron chi connectivity index (χ1n) is 7.10. The summed E-state index contributed by atoms with van der Waals surface area (Å²) in [5, 5.41) is 2.60. The molecule has 1 amide bonds. The topological polar surface area (TPSA) is 94.6 Å². The van der Waals surface area contributed by atoms with Crippen LogP contribution in [0.3, 0.4) is 0 Å². The van der Waals surface area contributed by atoms with Crippen LogP contribution in [-0.2, 0) is 9.59 Å². The van der Waals surface area contributed by atoms with Crippen molar-refractivity contribution in [3.8, 4) is 11.5 Å². The Labute approximate surface area is 138 Å². The number of carbonyl (C=O) groups is 3. The summed E-state index contributed by atoms with van der Waals surface area (Å²) < 4.78 is 9.98. The van der Waals surface area contributed by atoms with E-state index in [1.54, 1.807) is 18.3 Å². The van der Waals surface area contributed by atoms with Gasteiger partial charge in [0.1, 0.15) is 17.3 Å². The minimum absolute atomic E-state index is 0.0475. The Morgan fingerprint density at radius 2 is 1.71 bits per heavy atom. The standard InChI is InChI=1S/C17H16N2O5/c1-10-4-7-16(18-9-10)19-17(22)14-8-13(23-11(2)20)5-6-15(14)24-12(3)21/h4-9H,1-3H3,(H,18,19,22). The first-order chi connectivity index (χ1) is 11.3. The Kier molecular flexibility index (Phi) is 5.26. The number of nitrogens with one attached hydrogen (secondary N) is 1. The Bertz CT molecular complexity index is 784. The Morgan fingerprint density at radius 3 is 2.29 bits per heavy atom. The molecule has 0 saturated carbocycles. The zero-order chi connectivity index (χ0) is 17.7. The second-order valence-corrected chi connectivity index (χ2v) is 5.02. The normalized spacial score (nSPS) is 9.96. The van der Waals surface area contributed by atoms with Gasteiger partial charge in [0.15, 0.2) is 0 Å². The van der Waals surface area contributed by atoms with Crippen LogP contribution in [0.25, 0.3) is 0 Å². The third kappa shape index (κ3) is 4.64. The maximum atomic E-state index is 12.5. The van der Waals surface area contributed by atoms with Gasteiger partial charge in [-0.05, 0) is 36.8 Å². The van der Waals surface area contributed by atoms with Crippen molar-refractivity contribution in [3.05, 3.63) is 47.7 Å².